The molecule has 0 radical (unpaired) electrons. The van der Waals surface area contributed by atoms with Crippen LogP contribution in [0, 0.1) is 17.7 Å². The fraction of sp³-hybridized carbons (Fsp3) is 0.636. The number of aliphatic hydroxyl groups excluding tert-OH is 1. The summed E-state index contributed by atoms with van der Waals surface area (Å²) in [5.74, 6) is 0.971. The second-order valence-electron chi connectivity index (χ2n) is 8.72. The van der Waals surface area contributed by atoms with Gasteiger partial charge in [-0.25, -0.2) is 4.39 Å². The van der Waals surface area contributed by atoms with Crippen LogP contribution >= 0.6 is 0 Å². The van der Waals surface area contributed by atoms with Gasteiger partial charge in [-0.1, -0.05) is 0 Å². The number of H-pyrrole nitrogens is 1. The maximum absolute atomic E-state index is 13.9. The molecule has 3 aliphatic heterocycles. The highest BCUT2D eigenvalue weighted by Gasteiger charge is 2.58. The van der Waals surface area contributed by atoms with E-state index in [0.29, 0.717) is 17.9 Å². The van der Waals surface area contributed by atoms with Crippen LogP contribution in [-0.2, 0) is 16.6 Å². The molecule has 0 amide bonds. The Labute approximate surface area is 159 Å². The number of fused-ring (bicyclic) bond motifs is 4. The Balaban J connectivity index is 1.62. The van der Waals surface area contributed by atoms with Crippen molar-refractivity contribution in [3.8, 4) is 0 Å². The molecule has 1 aromatic carbocycles. The minimum atomic E-state index is -0.265. The van der Waals surface area contributed by atoms with Crippen LogP contribution in [0.2, 0.25) is 0 Å². The highest BCUT2D eigenvalue weighted by Crippen LogP contribution is 2.54. The van der Waals surface area contributed by atoms with Crippen molar-refractivity contribution in [1.82, 2.24) is 9.88 Å². The van der Waals surface area contributed by atoms with E-state index in [1.165, 1.54) is 23.7 Å². The highest BCUT2D eigenvalue weighted by molar-refractivity contribution is 5.85. The number of nitrogens with one attached hydrogen (secondary N) is 1. The minimum absolute atomic E-state index is 0.151. The molecule has 2 saturated heterocycles. The van der Waals surface area contributed by atoms with Crippen molar-refractivity contribution in [2.45, 2.75) is 44.1 Å². The summed E-state index contributed by atoms with van der Waals surface area (Å²) in [4.78, 5) is 6.23. The molecule has 5 heteroatoms. The van der Waals surface area contributed by atoms with Gasteiger partial charge in [0.05, 0.1) is 6.61 Å². The first kappa shape index (κ1) is 17.7. The number of hydrogen-bond acceptors (Lipinski definition) is 3. The summed E-state index contributed by atoms with van der Waals surface area (Å²) >= 11 is 0. The number of ether oxygens (including phenoxy) is 1. The first-order chi connectivity index (χ1) is 13.2. The van der Waals surface area contributed by atoms with Crippen LogP contribution in [0.15, 0.2) is 18.2 Å². The lowest BCUT2D eigenvalue weighted by Gasteiger charge is -2.59. The number of aromatic nitrogens is 1. The van der Waals surface area contributed by atoms with Crippen LogP contribution in [0.5, 0.6) is 0 Å². The molecular formula is C22H29FN2O2. The minimum Gasteiger partial charge on any atom is -0.395 e. The lowest BCUT2D eigenvalue weighted by molar-refractivity contribution is -0.0835. The molecule has 4 bridgehead atoms. The molecule has 1 saturated carbocycles. The molecule has 146 valence electrons. The van der Waals surface area contributed by atoms with Crippen molar-refractivity contribution in [1.29, 1.82) is 0 Å². The van der Waals surface area contributed by atoms with Crippen molar-refractivity contribution in [2.75, 3.05) is 32.9 Å². The Morgan fingerprint density at radius 2 is 2.30 bits per heavy atom. The van der Waals surface area contributed by atoms with E-state index in [1.807, 2.05) is 13.0 Å². The van der Waals surface area contributed by atoms with Crippen LogP contribution < -0.4 is 0 Å². The molecule has 1 aliphatic carbocycles. The summed E-state index contributed by atoms with van der Waals surface area (Å²) in [5.41, 5.74) is 3.12. The van der Waals surface area contributed by atoms with E-state index < -0.39 is 0 Å². The van der Waals surface area contributed by atoms with E-state index in [-0.39, 0.29) is 17.8 Å². The Bertz CT molecular complexity index is 850. The van der Waals surface area contributed by atoms with E-state index in [9.17, 15) is 9.50 Å². The van der Waals surface area contributed by atoms with Gasteiger partial charge in [0.15, 0.2) is 0 Å². The summed E-state index contributed by atoms with van der Waals surface area (Å²) in [6.07, 6.45) is 4.23. The maximum atomic E-state index is 13.9. The average Bonchev–Trinajstić information content (AvgIpc) is 3.00. The van der Waals surface area contributed by atoms with Gasteiger partial charge in [0, 0.05) is 54.4 Å². The van der Waals surface area contributed by atoms with Gasteiger partial charge in [-0.2, -0.15) is 0 Å². The van der Waals surface area contributed by atoms with E-state index >= 15 is 0 Å². The number of aromatic amines is 1. The van der Waals surface area contributed by atoms with Crippen LogP contribution in [0.1, 0.15) is 37.4 Å². The number of nitrogens with zero attached hydrogens (tertiary/aromatic N) is 1. The van der Waals surface area contributed by atoms with E-state index in [0.717, 1.165) is 56.5 Å². The molecule has 3 fully saturated rings. The molecule has 4 nitrogen and oxygen atoms in total. The monoisotopic (exact) mass is 372 g/mol. The van der Waals surface area contributed by atoms with Gasteiger partial charge in [0.25, 0.3) is 0 Å². The van der Waals surface area contributed by atoms with Gasteiger partial charge in [0.1, 0.15) is 5.82 Å². The van der Waals surface area contributed by atoms with Gasteiger partial charge < -0.3 is 14.8 Å². The standard InChI is InChI=1S/C22H29FN2O2/c1-2-27-8-6-15-9-14-11-22(13-26)20-17(5-7-25(12-14)21(15)22)18-10-16(23)3-4-19(18)24-20/h3-4,10,14-15,21,24,26H,2,5-9,11-13H2,1H3. The molecule has 1 aromatic heterocycles. The first-order valence-corrected chi connectivity index (χ1v) is 10.4. The molecular weight excluding hydrogens is 343 g/mol. The van der Waals surface area contributed by atoms with E-state index in [4.69, 9.17) is 4.74 Å². The summed E-state index contributed by atoms with van der Waals surface area (Å²) in [6, 6.07) is 5.36. The van der Waals surface area contributed by atoms with Crippen LogP contribution in [0.3, 0.4) is 0 Å². The summed E-state index contributed by atoms with van der Waals surface area (Å²) < 4.78 is 19.6. The molecule has 5 unspecified atom stereocenters. The third kappa shape index (κ3) is 2.59. The quantitative estimate of drug-likeness (QED) is 0.793. The molecule has 6 rings (SSSR count). The lowest BCUT2D eigenvalue weighted by atomic mass is 9.56. The smallest absolute Gasteiger partial charge is 0.123 e. The predicted octanol–water partition coefficient (Wildman–Crippen LogP) is 3.23. The summed E-state index contributed by atoms with van der Waals surface area (Å²) in [5, 5.41) is 11.7. The third-order valence-corrected chi connectivity index (χ3v) is 7.32. The van der Waals surface area contributed by atoms with Gasteiger partial charge in [-0.05, 0) is 68.2 Å². The van der Waals surface area contributed by atoms with Crippen molar-refractivity contribution in [3.63, 3.8) is 0 Å². The van der Waals surface area contributed by atoms with Crippen molar-refractivity contribution >= 4 is 10.9 Å². The zero-order valence-electron chi connectivity index (χ0n) is 16.0. The number of rotatable bonds is 5. The second kappa shape index (κ2) is 6.57. The molecule has 4 heterocycles. The lowest BCUT2D eigenvalue weighted by Crippen LogP contribution is -2.65. The first-order valence-electron chi connectivity index (χ1n) is 10.4. The molecule has 27 heavy (non-hydrogen) atoms. The maximum Gasteiger partial charge on any atom is 0.123 e. The van der Waals surface area contributed by atoms with Gasteiger partial charge in [0.2, 0.25) is 0 Å². The van der Waals surface area contributed by atoms with Crippen molar-refractivity contribution < 1.29 is 14.2 Å². The van der Waals surface area contributed by atoms with Crippen molar-refractivity contribution in [3.05, 3.63) is 35.3 Å². The topological polar surface area (TPSA) is 48.5 Å². The van der Waals surface area contributed by atoms with Crippen LogP contribution in [-0.4, -0.2) is 53.9 Å². The fourth-order valence-corrected chi connectivity index (χ4v) is 6.49. The molecule has 0 spiro atoms. The molecule has 2 N–H and O–H groups in total. The zero-order valence-corrected chi connectivity index (χ0v) is 16.0. The highest BCUT2D eigenvalue weighted by atomic mass is 19.1. The summed E-state index contributed by atoms with van der Waals surface area (Å²) in [6.45, 7) is 5.87. The second-order valence-corrected chi connectivity index (χ2v) is 8.72. The largest absolute Gasteiger partial charge is 0.395 e. The fourth-order valence-electron chi connectivity index (χ4n) is 6.49. The number of aliphatic hydroxyl groups is 1. The van der Waals surface area contributed by atoms with Gasteiger partial charge >= 0.3 is 0 Å². The average molecular weight is 372 g/mol. The molecule has 5 atom stereocenters. The molecule has 2 aromatic rings. The number of halogens is 1. The predicted molar refractivity (Wildman–Crippen MR) is 103 cm³/mol. The van der Waals surface area contributed by atoms with E-state index in [2.05, 4.69) is 9.88 Å². The summed E-state index contributed by atoms with van der Waals surface area (Å²) in [7, 11) is 0. The Morgan fingerprint density at radius 3 is 3.11 bits per heavy atom. The Hall–Kier alpha value is -1.43. The normalized spacial score (nSPS) is 34.6. The number of hydrogen-bond donors (Lipinski definition) is 2. The Kier molecular flexibility index (Phi) is 4.30. The van der Waals surface area contributed by atoms with Gasteiger partial charge in [-0.15, -0.1) is 0 Å². The van der Waals surface area contributed by atoms with Crippen molar-refractivity contribution in [2.24, 2.45) is 11.8 Å². The number of benzene rings is 1. The van der Waals surface area contributed by atoms with Crippen LogP contribution in [0.25, 0.3) is 10.9 Å². The third-order valence-electron chi connectivity index (χ3n) is 7.32. The SMILES string of the molecule is CCOCCC1CC2CN3CCc4c([nH]c5ccc(F)cc45)C(CO)(C2)C13. The van der Waals surface area contributed by atoms with E-state index in [1.54, 1.807) is 6.07 Å². The van der Waals surface area contributed by atoms with Gasteiger partial charge in [-0.3, -0.25) is 4.90 Å². The number of piperidine rings is 2. The molecule has 4 aliphatic rings. The zero-order chi connectivity index (χ0) is 18.6. The van der Waals surface area contributed by atoms with Crippen LogP contribution in [0.4, 0.5) is 4.39 Å². The Morgan fingerprint density at radius 1 is 1.41 bits per heavy atom.